The third kappa shape index (κ3) is 2.18. The second kappa shape index (κ2) is 4.66. The number of hydrogen-bond acceptors (Lipinski definition) is 5. The van der Waals surface area contributed by atoms with Gasteiger partial charge < -0.3 is 0 Å². The first-order valence-corrected chi connectivity index (χ1v) is 8.23. The Labute approximate surface area is 116 Å². The van der Waals surface area contributed by atoms with Gasteiger partial charge >= 0.3 is 0 Å². The fraction of sp³-hybridized carbons (Fsp3) is 0.333. The van der Waals surface area contributed by atoms with Gasteiger partial charge in [-0.25, -0.2) is 18.4 Å². The van der Waals surface area contributed by atoms with E-state index in [0.29, 0.717) is 17.3 Å². The maximum absolute atomic E-state index is 12.5. The molecule has 0 unspecified atom stereocenters. The molecule has 0 N–H and O–H groups in total. The van der Waals surface area contributed by atoms with Gasteiger partial charge in [-0.05, 0) is 18.6 Å². The molecule has 3 rings (SSSR count). The third-order valence-electron chi connectivity index (χ3n) is 3.13. The second-order valence-corrected chi connectivity index (χ2v) is 7.68. The molecular formula is C12H13N3O2S2. The molecule has 0 radical (unpaired) electrons. The molecule has 1 aliphatic rings. The summed E-state index contributed by atoms with van der Waals surface area (Å²) < 4.78 is 26.9. The minimum Gasteiger partial charge on any atom is -0.244 e. The molecule has 1 aliphatic heterocycles. The highest BCUT2D eigenvalue weighted by atomic mass is 32.2. The van der Waals surface area contributed by atoms with Gasteiger partial charge in [-0.15, -0.1) is 11.3 Å². The molecule has 0 bridgehead atoms. The number of rotatable bonds is 3. The van der Waals surface area contributed by atoms with E-state index in [9.17, 15) is 8.42 Å². The van der Waals surface area contributed by atoms with Gasteiger partial charge in [0, 0.05) is 23.2 Å². The summed E-state index contributed by atoms with van der Waals surface area (Å²) >= 11 is 1.34. The predicted molar refractivity (Wildman–Crippen MR) is 72.2 cm³/mol. The smallest absolute Gasteiger partial charge is 0.244 e. The second-order valence-electron chi connectivity index (χ2n) is 4.34. The highest BCUT2D eigenvalue weighted by Gasteiger charge is 2.32. The van der Waals surface area contributed by atoms with E-state index in [1.54, 1.807) is 12.3 Å². The number of hydrogen-bond donors (Lipinski definition) is 0. The van der Waals surface area contributed by atoms with E-state index < -0.39 is 10.0 Å². The first kappa shape index (κ1) is 12.7. The van der Waals surface area contributed by atoms with Crippen molar-refractivity contribution in [3.8, 4) is 0 Å². The van der Waals surface area contributed by atoms with Crippen molar-refractivity contribution >= 4 is 21.4 Å². The lowest BCUT2D eigenvalue weighted by atomic mass is 10.3. The lowest BCUT2D eigenvalue weighted by Gasteiger charge is -2.13. The Morgan fingerprint density at radius 3 is 2.89 bits per heavy atom. The number of nitrogens with zero attached hydrogens (tertiary/aromatic N) is 3. The van der Waals surface area contributed by atoms with Crippen molar-refractivity contribution in [2.75, 3.05) is 0 Å². The van der Waals surface area contributed by atoms with E-state index in [1.807, 2.05) is 13.0 Å². The van der Waals surface area contributed by atoms with Crippen molar-refractivity contribution in [3.05, 3.63) is 40.8 Å². The molecule has 100 valence electrons. The minimum atomic E-state index is -3.41. The highest BCUT2D eigenvalue weighted by molar-refractivity contribution is 7.91. The molecule has 0 atom stereocenters. The van der Waals surface area contributed by atoms with Crippen LogP contribution in [0.1, 0.15) is 23.1 Å². The van der Waals surface area contributed by atoms with Gasteiger partial charge in [0.15, 0.2) is 0 Å². The largest absolute Gasteiger partial charge is 0.253 e. The van der Waals surface area contributed by atoms with Crippen molar-refractivity contribution in [3.63, 3.8) is 0 Å². The maximum Gasteiger partial charge on any atom is 0.253 e. The van der Waals surface area contributed by atoms with Crippen LogP contribution >= 0.6 is 11.3 Å². The fourth-order valence-corrected chi connectivity index (χ4v) is 4.88. The average Bonchev–Trinajstić information content (AvgIpc) is 3.05. The average molecular weight is 295 g/mol. The quantitative estimate of drug-likeness (QED) is 0.866. The highest BCUT2D eigenvalue weighted by Crippen LogP contribution is 2.30. The SMILES string of the molecule is CCc1ccc(S(=O)(=O)N2Cc3cncnc3C2)s1. The summed E-state index contributed by atoms with van der Waals surface area (Å²) in [6, 6.07) is 3.56. The molecule has 0 spiro atoms. The molecular weight excluding hydrogens is 282 g/mol. The van der Waals surface area contributed by atoms with Crippen molar-refractivity contribution in [1.82, 2.24) is 14.3 Å². The van der Waals surface area contributed by atoms with Crippen LogP contribution in [0.25, 0.3) is 0 Å². The summed E-state index contributed by atoms with van der Waals surface area (Å²) in [5, 5.41) is 0. The normalized spacial score (nSPS) is 15.6. The van der Waals surface area contributed by atoms with Gasteiger partial charge in [0.2, 0.25) is 0 Å². The van der Waals surface area contributed by atoms with Crippen LogP contribution in [0.4, 0.5) is 0 Å². The van der Waals surface area contributed by atoms with Crippen molar-refractivity contribution in [1.29, 1.82) is 0 Å². The van der Waals surface area contributed by atoms with E-state index in [2.05, 4.69) is 9.97 Å². The van der Waals surface area contributed by atoms with Crippen molar-refractivity contribution in [2.45, 2.75) is 30.6 Å². The lowest BCUT2D eigenvalue weighted by Crippen LogP contribution is -2.24. The summed E-state index contributed by atoms with van der Waals surface area (Å²) in [6.07, 6.45) is 3.99. The van der Waals surface area contributed by atoms with Crippen LogP contribution in [0.2, 0.25) is 0 Å². The van der Waals surface area contributed by atoms with Crippen LogP contribution in [0, 0.1) is 0 Å². The van der Waals surface area contributed by atoms with E-state index in [4.69, 9.17) is 0 Å². The van der Waals surface area contributed by atoms with Gasteiger partial charge in [0.25, 0.3) is 10.0 Å². The van der Waals surface area contributed by atoms with E-state index in [1.165, 1.54) is 22.0 Å². The van der Waals surface area contributed by atoms with Gasteiger partial charge in [-0.1, -0.05) is 6.92 Å². The number of fused-ring (bicyclic) bond motifs is 1. The topological polar surface area (TPSA) is 63.2 Å². The first-order chi connectivity index (χ1) is 9.11. The van der Waals surface area contributed by atoms with Crippen LogP contribution in [-0.4, -0.2) is 22.7 Å². The Hall–Kier alpha value is -1.31. The molecule has 3 heterocycles. The van der Waals surface area contributed by atoms with Gasteiger partial charge in [0.05, 0.1) is 12.2 Å². The minimum absolute atomic E-state index is 0.333. The zero-order valence-electron chi connectivity index (χ0n) is 10.4. The molecule has 2 aromatic rings. The molecule has 5 nitrogen and oxygen atoms in total. The Bertz CT molecular complexity index is 684. The van der Waals surface area contributed by atoms with E-state index in [-0.39, 0.29) is 0 Å². The predicted octanol–water partition coefficient (Wildman–Crippen LogP) is 1.81. The van der Waals surface area contributed by atoms with Crippen molar-refractivity contribution in [2.24, 2.45) is 0 Å². The summed E-state index contributed by atoms with van der Waals surface area (Å²) in [6.45, 7) is 2.71. The zero-order chi connectivity index (χ0) is 13.5. The molecule has 7 heteroatoms. The molecule has 2 aromatic heterocycles. The number of aryl methyl sites for hydroxylation is 1. The molecule has 19 heavy (non-hydrogen) atoms. The van der Waals surface area contributed by atoms with Gasteiger partial charge in [-0.3, -0.25) is 0 Å². The van der Waals surface area contributed by atoms with Crippen LogP contribution in [0.3, 0.4) is 0 Å². The summed E-state index contributed by atoms with van der Waals surface area (Å²) in [4.78, 5) is 9.14. The number of thiophene rings is 1. The van der Waals surface area contributed by atoms with Crippen LogP contribution in [0.5, 0.6) is 0 Å². The molecule has 0 saturated heterocycles. The summed E-state index contributed by atoms with van der Waals surface area (Å²) in [5.74, 6) is 0. The van der Waals surface area contributed by atoms with Crippen LogP contribution < -0.4 is 0 Å². The maximum atomic E-state index is 12.5. The van der Waals surface area contributed by atoms with Gasteiger partial charge in [-0.2, -0.15) is 4.31 Å². The summed E-state index contributed by atoms with van der Waals surface area (Å²) in [5.41, 5.74) is 1.68. The zero-order valence-corrected chi connectivity index (χ0v) is 12.0. The van der Waals surface area contributed by atoms with Crippen molar-refractivity contribution < 1.29 is 8.42 Å². The molecule has 0 saturated carbocycles. The summed E-state index contributed by atoms with van der Waals surface area (Å²) in [7, 11) is -3.41. The fourth-order valence-electron chi connectivity index (χ4n) is 2.06. The Balaban J connectivity index is 1.91. The Kier molecular flexibility index (Phi) is 3.12. The number of sulfonamides is 1. The van der Waals surface area contributed by atoms with Gasteiger partial charge in [0.1, 0.15) is 10.5 Å². The van der Waals surface area contributed by atoms with Crippen LogP contribution in [-0.2, 0) is 29.5 Å². The molecule has 0 aliphatic carbocycles. The number of aromatic nitrogens is 2. The third-order valence-corrected chi connectivity index (χ3v) is 6.62. The monoisotopic (exact) mass is 295 g/mol. The van der Waals surface area contributed by atoms with E-state index in [0.717, 1.165) is 22.6 Å². The Morgan fingerprint density at radius 1 is 1.37 bits per heavy atom. The van der Waals surface area contributed by atoms with Crippen LogP contribution in [0.15, 0.2) is 28.9 Å². The molecule has 0 aromatic carbocycles. The molecule has 0 fully saturated rings. The van der Waals surface area contributed by atoms with E-state index >= 15 is 0 Å². The standard InChI is InChI=1S/C12H13N3O2S2/c1-2-10-3-4-12(18-10)19(16,17)15-6-9-5-13-8-14-11(9)7-15/h3-5,8H,2,6-7H2,1H3. The Morgan fingerprint density at radius 2 is 2.21 bits per heavy atom. The first-order valence-electron chi connectivity index (χ1n) is 5.98. The lowest BCUT2D eigenvalue weighted by molar-refractivity contribution is 0.431. The molecule has 0 amide bonds.